The Labute approximate surface area is 251 Å². The van der Waals surface area contributed by atoms with E-state index in [4.69, 9.17) is 4.18 Å². The van der Waals surface area contributed by atoms with Crippen LogP contribution in [0.1, 0.15) is 47.2 Å². The minimum Gasteiger partial charge on any atom is -0.322 e. The number of rotatable bonds is 12. The molecule has 10 nitrogen and oxygen atoms in total. The van der Waals surface area contributed by atoms with Gasteiger partial charge < -0.3 is 14.7 Å². The van der Waals surface area contributed by atoms with Crippen molar-refractivity contribution < 1.29 is 27.0 Å². The van der Waals surface area contributed by atoms with E-state index in [-0.39, 0.29) is 35.6 Å². The summed E-state index contributed by atoms with van der Waals surface area (Å²) in [5.74, 6) is 0.117. The molecule has 0 spiro atoms. The Kier molecular flexibility index (Phi) is 10.00. The fraction of sp³-hybridized carbons (Fsp3) is 0.500. The molecular weight excluding hydrogens is 576 g/mol. The topological polar surface area (TPSA) is 116 Å². The van der Waals surface area contributed by atoms with Gasteiger partial charge in [-0.2, -0.15) is 8.42 Å². The van der Waals surface area contributed by atoms with Crippen molar-refractivity contribution in [2.24, 2.45) is 0 Å². The molecule has 1 atom stereocenters. The maximum Gasteiger partial charge on any atom is 0.296 e. The number of carbonyl (C=O) groups excluding carboxylic acids is 3. The molecule has 2 saturated heterocycles. The van der Waals surface area contributed by atoms with Crippen molar-refractivity contribution in [3.8, 4) is 0 Å². The zero-order valence-electron chi connectivity index (χ0n) is 23.9. The number of hydrogen-bond donors (Lipinski definition) is 1. The number of carbonyl (C=O) groups is 3. The van der Waals surface area contributed by atoms with Crippen LogP contribution in [-0.2, 0) is 30.4 Å². The summed E-state index contributed by atoms with van der Waals surface area (Å²) < 4.78 is 29.9. The number of piperazine rings is 1. The lowest BCUT2D eigenvalue weighted by Gasteiger charge is -2.34. The van der Waals surface area contributed by atoms with Gasteiger partial charge in [-0.15, -0.1) is 11.8 Å². The number of benzene rings is 2. The zero-order chi connectivity index (χ0) is 29.7. The van der Waals surface area contributed by atoms with Crippen LogP contribution in [0.15, 0.2) is 52.3 Å². The van der Waals surface area contributed by atoms with Crippen LogP contribution >= 0.6 is 11.8 Å². The van der Waals surface area contributed by atoms with E-state index < -0.39 is 16.2 Å². The Balaban J connectivity index is 0.992. The molecule has 12 heteroatoms. The quantitative estimate of drug-likeness (QED) is 0.167. The zero-order valence-corrected chi connectivity index (χ0v) is 25.6. The second-order valence-electron chi connectivity index (χ2n) is 11.0. The third-order valence-electron chi connectivity index (χ3n) is 8.05. The van der Waals surface area contributed by atoms with Crippen molar-refractivity contribution in [2.45, 2.75) is 55.0 Å². The number of amides is 3. The molecule has 42 heavy (non-hydrogen) atoms. The van der Waals surface area contributed by atoms with Gasteiger partial charge in [0.25, 0.3) is 16.0 Å². The highest BCUT2D eigenvalue weighted by Crippen LogP contribution is 2.34. The van der Waals surface area contributed by atoms with E-state index in [1.165, 1.54) is 0 Å². The van der Waals surface area contributed by atoms with E-state index in [0.717, 1.165) is 67.5 Å². The molecule has 5 rings (SSSR count). The number of hydrogen-bond acceptors (Lipinski definition) is 9. The first-order valence-corrected chi connectivity index (χ1v) is 16.9. The minimum atomic E-state index is -3.71. The lowest BCUT2D eigenvalue weighted by Crippen LogP contribution is -2.52. The molecule has 0 radical (unpaired) electrons. The monoisotopic (exact) mass is 614 g/mol. The van der Waals surface area contributed by atoms with Gasteiger partial charge in [-0.05, 0) is 68.3 Å². The Morgan fingerprint density at radius 3 is 2.33 bits per heavy atom. The van der Waals surface area contributed by atoms with Gasteiger partial charge in [-0.25, -0.2) is 0 Å². The molecule has 0 aliphatic carbocycles. The van der Waals surface area contributed by atoms with Crippen molar-refractivity contribution in [1.82, 2.24) is 20.0 Å². The largest absolute Gasteiger partial charge is 0.322 e. The van der Waals surface area contributed by atoms with Gasteiger partial charge in [0.2, 0.25) is 11.8 Å². The first-order chi connectivity index (χ1) is 20.2. The van der Waals surface area contributed by atoms with Crippen LogP contribution in [-0.4, -0.2) is 98.5 Å². The molecule has 3 amide bonds. The second kappa shape index (κ2) is 13.7. The van der Waals surface area contributed by atoms with Crippen LogP contribution in [0.25, 0.3) is 0 Å². The average molecular weight is 615 g/mol. The predicted molar refractivity (Wildman–Crippen MR) is 160 cm³/mol. The van der Waals surface area contributed by atoms with Gasteiger partial charge in [-0.3, -0.25) is 23.9 Å². The van der Waals surface area contributed by atoms with E-state index in [1.54, 1.807) is 40.9 Å². The van der Waals surface area contributed by atoms with E-state index in [9.17, 15) is 22.8 Å². The summed E-state index contributed by atoms with van der Waals surface area (Å²) in [5.41, 5.74) is 2.63. The summed E-state index contributed by atoms with van der Waals surface area (Å²) in [6.45, 7) is 8.13. The first-order valence-electron chi connectivity index (χ1n) is 14.5. The summed E-state index contributed by atoms with van der Waals surface area (Å²) in [5, 5.41) is 2.36. The number of nitrogens with one attached hydrogen (secondary N) is 1. The summed E-state index contributed by atoms with van der Waals surface area (Å²) in [6.07, 6.45) is 2.29. The Morgan fingerprint density at radius 2 is 1.64 bits per heavy atom. The number of piperidine rings is 1. The van der Waals surface area contributed by atoms with Crippen LogP contribution in [0, 0.1) is 6.92 Å². The maximum absolute atomic E-state index is 13.0. The molecule has 2 fully saturated rings. The number of fused-ring (bicyclic) bond motifs is 1. The Hall–Kier alpha value is -2.77. The van der Waals surface area contributed by atoms with Crippen LogP contribution < -0.4 is 5.32 Å². The van der Waals surface area contributed by atoms with Crippen molar-refractivity contribution in [2.75, 3.05) is 51.6 Å². The van der Waals surface area contributed by atoms with Gasteiger partial charge >= 0.3 is 0 Å². The molecule has 0 bridgehead atoms. The summed E-state index contributed by atoms with van der Waals surface area (Å²) in [6, 6.07) is 11.8. The number of thioether (sulfide) groups is 1. The smallest absolute Gasteiger partial charge is 0.296 e. The van der Waals surface area contributed by atoms with Crippen molar-refractivity contribution in [3.05, 3.63) is 59.2 Å². The standard InChI is InChI=1S/C30H38N4O6S2/c1-22-7-9-23(10-8-22)42(38,39)40-19-3-13-32-15-17-33(18-16-32)14-4-20-41-27-6-2-5-24-25(27)21-34(30(24)37)26-11-12-28(35)31-29(26)36/h2,5-10,26H,3-4,11-21H2,1H3,(H,31,35,36). The molecule has 2 aromatic rings. The number of aryl methyl sites for hydroxylation is 1. The normalized spacial score (nSPS) is 20.2. The third kappa shape index (κ3) is 7.41. The van der Waals surface area contributed by atoms with E-state index in [2.05, 4.69) is 15.1 Å². The molecule has 1 N–H and O–H groups in total. The summed E-state index contributed by atoms with van der Waals surface area (Å²) >= 11 is 1.75. The average Bonchev–Trinajstić information content (AvgIpc) is 3.31. The fourth-order valence-corrected chi connectivity index (χ4v) is 7.59. The second-order valence-corrected chi connectivity index (χ2v) is 13.8. The Bertz CT molecular complexity index is 1410. The summed E-state index contributed by atoms with van der Waals surface area (Å²) in [4.78, 5) is 44.6. The highest BCUT2D eigenvalue weighted by molar-refractivity contribution is 7.99. The molecular formula is C30H38N4O6S2. The van der Waals surface area contributed by atoms with Crippen molar-refractivity contribution in [3.63, 3.8) is 0 Å². The van der Waals surface area contributed by atoms with Gasteiger partial charge in [0.15, 0.2) is 0 Å². The van der Waals surface area contributed by atoms with E-state index >= 15 is 0 Å². The molecule has 2 aromatic carbocycles. The fourth-order valence-electron chi connectivity index (χ4n) is 5.63. The SMILES string of the molecule is Cc1ccc(S(=O)(=O)OCCCN2CCN(CCCSc3cccc4c3CN(C3CCC(=O)NC3=O)C4=O)CC2)cc1. The summed E-state index contributed by atoms with van der Waals surface area (Å²) in [7, 11) is -3.71. The minimum absolute atomic E-state index is 0.140. The number of nitrogens with zero attached hydrogens (tertiary/aromatic N) is 3. The van der Waals surface area contributed by atoms with Gasteiger partial charge in [-0.1, -0.05) is 23.8 Å². The third-order valence-corrected chi connectivity index (χ3v) is 10.6. The van der Waals surface area contributed by atoms with Crippen LogP contribution in [0.4, 0.5) is 0 Å². The number of imide groups is 1. The molecule has 3 heterocycles. The Morgan fingerprint density at radius 1 is 0.952 bits per heavy atom. The molecule has 3 aliphatic rings. The van der Waals surface area contributed by atoms with Crippen LogP contribution in [0.5, 0.6) is 0 Å². The van der Waals surface area contributed by atoms with E-state index in [1.807, 2.05) is 25.1 Å². The van der Waals surface area contributed by atoms with Crippen LogP contribution in [0.3, 0.4) is 0 Å². The maximum atomic E-state index is 13.0. The van der Waals surface area contributed by atoms with Crippen molar-refractivity contribution in [1.29, 1.82) is 0 Å². The molecule has 1 unspecified atom stereocenters. The predicted octanol–water partition coefficient (Wildman–Crippen LogP) is 2.65. The van der Waals surface area contributed by atoms with Gasteiger partial charge in [0, 0.05) is 56.1 Å². The lowest BCUT2D eigenvalue weighted by atomic mass is 10.0. The van der Waals surface area contributed by atoms with Crippen LogP contribution in [0.2, 0.25) is 0 Å². The highest BCUT2D eigenvalue weighted by Gasteiger charge is 2.39. The molecule has 0 aromatic heterocycles. The highest BCUT2D eigenvalue weighted by atomic mass is 32.2. The lowest BCUT2D eigenvalue weighted by molar-refractivity contribution is -0.136. The molecule has 0 saturated carbocycles. The van der Waals surface area contributed by atoms with E-state index in [0.29, 0.717) is 24.9 Å². The van der Waals surface area contributed by atoms with Crippen molar-refractivity contribution >= 4 is 39.6 Å². The van der Waals surface area contributed by atoms with Gasteiger partial charge in [0.1, 0.15) is 6.04 Å². The molecule has 3 aliphatic heterocycles. The van der Waals surface area contributed by atoms with Gasteiger partial charge in [0.05, 0.1) is 11.5 Å². The molecule has 226 valence electrons. The first kappa shape index (κ1) is 30.7.